The van der Waals surface area contributed by atoms with Crippen LogP contribution in [0.4, 0.5) is 0 Å². The van der Waals surface area contributed by atoms with Gasteiger partial charge in [-0.1, -0.05) is 55.5 Å². The van der Waals surface area contributed by atoms with E-state index in [1.54, 1.807) is 31.3 Å². The first-order chi connectivity index (χ1) is 15.6. The van der Waals surface area contributed by atoms with Crippen molar-refractivity contribution < 1.29 is 17.9 Å². The van der Waals surface area contributed by atoms with Gasteiger partial charge >= 0.3 is 0 Å². The summed E-state index contributed by atoms with van der Waals surface area (Å²) in [5, 5.41) is 0. The summed E-state index contributed by atoms with van der Waals surface area (Å²) >= 11 is 0. The highest BCUT2D eigenvalue weighted by Crippen LogP contribution is 2.35. The van der Waals surface area contributed by atoms with Gasteiger partial charge in [0.25, 0.3) is 0 Å². The minimum atomic E-state index is -3.56. The number of hydrogen-bond acceptors (Lipinski definition) is 5. The Morgan fingerprint density at radius 3 is 2.30 bits per heavy atom. The first kappa shape index (κ1) is 24.4. The van der Waals surface area contributed by atoms with Crippen LogP contribution in [0.15, 0.2) is 65.6 Å². The first-order valence-electron chi connectivity index (χ1n) is 11.7. The molecular weight excluding hydrogens is 436 g/mol. The summed E-state index contributed by atoms with van der Waals surface area (Å²) in [5.41, 5.74) is 0.817. The van der Waals surface area contributed by atoms with Crippen LogP contribution in [0.5, 0.6) is 0 Å². The molecule has 0 spiro atoms. The molecular formula is C26H36N2O4S. The molecule has 2 aromatic rings. The van der Waals surface area contributed by atoms with E-state index in [9.17, 15) is 8.42 Å². The van der Waals surface area contributed by atoms with Crippen molar-refractivity contribution in [3.63, 3.8) is 0 Å². The second-order valence-electron chi connectivity index (χ2n) is 10.1. The number of benzene rings is 2. The van der Waals surface area contributed by atoms with Crippen molar-refractivity contribution in [2.45, 2.75) is 61.9 Å². The van der Waals surface area contributed by atoms with Crippen molar-refractivity contribution in [1.82, 2.24) is 9.21 Å². The van der Waals surface area contributed by atoms with Crippen molar-refractivity contribution >= 4 is 10.0 Å². The van der Waals surface area contributed by atoms with Gasteiger partial charge in [0.15, 0.2) is 5.79 Å². The molecule has 0 radical (unpaired) electrons. The third-order valence-electron chi connectivity index (χ3n) is 6.93. The van der Waals surface area contributed by atoms with Crippen LogP contribution >= 0.6 is 0 Å². The minimum Gasteiger partial charge on any atom is -0.344 e. The molecule has 2 aliphatic rings. The van der Waals surface area contributed by atoms with Gasteiger partial charge in [-0.3, -0.25) is 0 Å². The average Bonchev–Trinajstić information content (AvgIpc) is 3.12. The smallest absolute Gasteiger partial charge is 0.242 e. The maximum absolute atomic E-state index is 13.2. The number of likely N-dealkylation sites (N-methyl/N-ethyl adjacent to an activating group) is 1. The van der Waals surface area contributed by atoms with Crippen LogP contribution < -0.4 is 0 Å². The van der Waals surface area contributed by atoms with E-state index in [1.807, 2.05) is 38.1 Å². The van der Waals surface area contributed by atoms with Gasteiger partial charge in [-0.2, -0.15) is 0 Å². The molecule has 7 heteroatoms. The lowest BCUT2D eigenvalue weighted by atomic mass is 9.79. The number of rotatable bonds is 8. The van der Waals surface area contributed by atoms with Crippen molar-refractivity contribution in [1.29, 1.82) is 0 Å². The molecule has 2 aliphatic heterocycles. The van der Waals surface area contributed by atoms with E-state index in [0.717, 1.165) is 38.0 Å². The van der Waals surface area contributed by atoms with E-state index in [4.69, 9.17) is 9.47 Å². The van der Waals surface area contributed by atoms with E-state index >= 15 is 0 Å². The van der Waals surface area contributed by atoms with Crippen molar-refractivity contribution in [2.75, 3.05) is 33.2 Å². The van der Waals surface area contributed by atoms with Crippen molar-refractivity contribution in [3.8, 4) is 0 Å². The summed E-state index contributed by atoms with van der Waals surface area (Å²) in [7, 11) is -1.88. The van der Waals surface area contributed by atoms with E-state index in [-0.39, 0.29) is 17.6 Å². The molecule has 0 aliphatic carbocycles. The zero-order chi connectivity index (χ0) is 23.7. The lowest BCUT2D eigenvalue weighted by Gasteiger charge is -2.38. The van der Waals surface area contributed by atoms with Crippen LogP contribution in [0.3, 0.4) is 0 Å². The first-order valence-corrected chi connectivity index (χ1v) is 13.2. The van der Waals surface area contributed by atoms with Crippen molar-refractivity contribution in [2.24, 2.45) is 0 Å². The number of ether oxygens (including phenoxy) is 2. The molecule has 3 unspecified atom stereocenters. The average molecular weight is 473 g/mol. The fourth-order valence-corrected chi connectivity index (χ4v) is 6.39. The van der Waals surface area contributed by atoms with Crippen LogP contribution in [-0.4, -0.2) is 68.8 Å². The van der Waals surface area contributed by atoms with E-state index in [0.29, 0.717) is 11.4 Å². The van der Waals surface area contributed by atoms with Crippen molar-refractivity contribution in [3.05, 3.63) is 66.2 Å². The SMILES string of the molecule is CN(CC(C)(CCN1CCC2OC(C)(C)OC2C1)c1ccccc1)S(=O)(=O)c1ccccc1. The van der Waals surface area contributed by atoms with Gasteiger partial charge in [-0.25, -0.2) is 12.7 Å². The molecule has 0 aromatic heterocycles. The summed E-state index contributed by atoms with van der Waals surface area (Å²) in [6.45, 7) is 9.21. The fraction of sp³-hybridized carbons (Fsp3) is 0.538. The number of nitrogens with zero attached hydrogens (tertiary/aromatic N) is 2. The molecule has 33 heavy (non-hydrogen) atoms. The summed E-state index contributed by atoms with van der Waals surface area (Å²) in [4.78, 5) is 2.75. The Hall–Kier alpha value is -1.77. The van der Waals surface area contributed by atoms with E-state index in [1.165, 1.54) is 4.31 Å². The largest absolute Gasteiger partial charge is 0.344 e. The number of likely N-dealkylation sites (tertiary alicyclic amines) is 1. The van der Waals surface area contributed by atoms with Gasteiger partial charge in [0, 0.05) is 32.1 Å². The van der Waals surface area contributed by atoms with Gasteiger partial charge in [-0.15, -0.1) is 0 Å². The lowest BCUT2D eigenvalue weighted by molar-refractivity contribution is -0.145. The number of sulfonamides is 1. The zero-order valence-corrected chi connectivity index (χ0v) is 20.9. The Morgan fingerprint density at radius 2 is 1.64 bits per heavy atom. The zero-order valence-electron chi connectivity index (χ0n) is 20.1. The summed E-state index contributed by atoms with van der Waals surface area (Å²) in [6, 6.07) is 18.9. The summed E-state index contributed by atoms with van der Waals surface area (Å²) in [5.74, 6) is -0.515. The van der Waals surface area contributed by atoms with Gasteiger partial charge < -0.3 is 14.4 Å². The third-order valence-corrected chi connectivity index (χ3v) is 8.74. The molecule has 0 amide bonds. The Morgan fingerprint density at radius 1 is 1.03 bits per heavy atom. The maximum atomic E-state index is 13.2. The van der Waals surface area contributed by atoms with Crippen LogP contribution in [0.1, 0.15) is 39.2 Å². The topological polar surface area (TPSA) is 59.1 Å². The summed E-state index contributed by atoms with van der Waals surface area (Å²) < 4.78 is 40.1. The number of piperidine rings is 1. The Kier molecular flexibility index (Phi) is 6.99. The molecule has 2 saturated heterocycles. The predicted octanol–water partition coefficient (Wildman–Crippen LogP) is 3.88. The second kappa shape index (κ2) is 9.47. The minimum absolute atomic E-state index is 0.0952. The quantitative estimate of drug-likeness (QED) is 0.584. The highest BCUT2D eigenvalue weighted by atomic mass is 32.2. The Balaban J connectivity index is 1.48. The Bertz CT molecular complexity index is 1030. The van der Waals surface area contributed by atoms with E-state index in [2.05, 4.69) is 24.0 Å². The van der Waals surface area contributed by atoms with Crippen LogP contribution in [0.2, 0.25) is 0 Å². The number of hydrogen-bond donors (Lipinski definition) is 0. The standard InChI is InChI=1S/C26H36N2O4S/c1-25(2)31-23-15-17-28(19-24(23)32-25)18-16-26(3,21-11-7-5-8-12-21)20-27(4)33(29,30)22-13-9-6-10-14-22/h5-14,23-24H,15-20H2,1-4H3. The molecule has 2 aromatic carbocycles. The molecule has 180 valence electrons. The third kappa shape index (κ3) is 5.49. The normalized spacial score (nSPS) is 25.0. The summed E-state index contributed by atoms with van der Waals surface area (Å²) in [6.07, 6.45) is 2.06. The van der Waals surface area contributed by atoms with Gasteiger partial charge in [-0.05, 0) is 50.9 Å². The molecule has 2 heterocycles. The second-order valence-corrected chi connectivity index (χ2v) is 12.1. The molecule has 2 fully saturated rings. The van der Waals surface area contributed by atoms with Crippen LogP contribution in [0.25, 0.3) is 0 Å². The van der Waals surface area contributed by atoms with E-state index < -0.39 is 15.8 Å². The highest BCUT2D eigenvalue weighted by molar-refractivity contribution is 7.89. The van der Waals surface area contributed by atoms with Crippen LogP contribution in [-0.2, 0) is 24.9 Å². The van der Waals surface area contributed by atoms with Gasteiger partial charge in [0.1, 0.15) is 0 Å². The monoisotopic (exact) mass is 472 g/mol. The predicted molar refractivity (Wildman–Crippen MR) is 130 cm³/mol. The van der Waals surface area contributed by atoms with Gasteiger partial charge in [0.2, 0.25) is 10.0 Å². The van der Waals surface area contributed by atoms with Gasteiger partial charge in [0.05, 0.1) is 17.1 Å². The lowest BCUT2D eigenvalue weighted by Crippen LogP contribution is -2.47. The van der Waals surface area contributed by atoms with Crippen LogP contribution in [0, 0.1) is 0 Å². The molecule has 0 bridgehead atoms. The molecule has 0 N–H and O–H groups in total. The maximum Gasteiger partial charge on any atom is 0.242 e. The Labute approximate surface area is 198 Å². The number of fused-ring (bicyclic) bond motifs is 1. The molecule has 0 saturated carbocycles. The molecule has 3 atom stereocenters. The molecule has 6 nitrogen and oxygen atoms in total. The fourth-order valence-electron chi connectivity index (χ4n) is 5.08. The molecule has 4 rings (SSSR count). The highest BCUT2D eigenvalue weighted by Gasteiger charge is 2.44.